The molecule has 0 aromatic heterocycles. The standard InChI is InChI=1S/C7H12FNO/c1-4(2)6-3-5(8)7(10)9-6/h4-6H,3H2,1-2H3,(H,9,10)/t5?,6-/m0/s1. The highest BCUT2D eigenvalue weighted by Gasteiger charge is 2.32. The van der Waals surface area contributed by atoms with Gasteiger partial charge in [-0.2, -0.15) is 0 Å². The van der Waals surface area contributed by atoms with Gasteiger partial charge in [0.2, 0.25) is 0 Å². The van der Waals surface area contributed by atoms with Crippen LogP contribution < -0.4 is 5.32 Å². The van der Waals surface area contributed by atoms with Crippen LogP contribution in [0.3, 0.4) is 0 Å². The molecule has 3 heteroatoms. The molecule has 1 N–H and O–H groups in total. The van der Waals surface area contributed by atoms with Crippen molar-refractivity contribution in [2.24, 2.45) is 5.92 Å². The maximum Gasteiger partial charge on any atom is 0.254 e. The summed E-state index contributed by atoms with van der Waals surface area (Å²) in [7, 11) is 0. The van der Waals surface area contributed by atoms with Crippen molar-refractivity contribution in [3.63, 3.8) is 0 Å². The van der Waals surface area contributed by atoms with E-state index in [1.165, 1.54) is 0 Å². The minimum Gasteiger partial charge on any atom is -0.350 e. The molecule has 2 nitrogen and oxygen atoms in total. The molecular weight excluding hydrogens is 133 g/mol. The first-order valence-corrected chi connectivity index (χ1v) is 3.55. The van der Waals surface area contributed by atoms with Gasteiger partial charge in [-0.05, 0) is 5.92 Å². The number of nitrogens with one attached hydrogen (secondary N) is 1. The lowest BCUT2D eigenvalue weighted by molar-refractivity contribution is -0.123. The van der Waals surface area contributed by atoms with E-state index in [0.29, 0.717) is 12.3 Å². The molecule has 1 aliphatic heterocycles. The van der Waals surface area contributed by atoms with Gasteiger partial charge < -0.3 is 5.32 Å². The van der Waals surface area contributed by atoms with Crippen LogP contribution in [0, 0.1) is 5.92 Å². The van der Waals surface area contributed by atoms with Crippen LogP contribution >= 0.6 is 0 Å². The van der Waals surface area contributed by atoms with Crippen LogP contribution in [-0.2, 0) is 4.79 Å². The van der Waals surface area contributed by atoms with Crippen molar-refractivity contribution >= 4 is 5.91 Å². The Morgan fingerprint density at radius 1 is 1.70 bits per heavy atom. The minimum atomic E-state index is -1.27. The Hall–Kier alpha value is -0.600. The van der Waals surface area contributed by atoms with Crippen molar-refractivity contribution in [1.29, 1.82) is 0 Å². The molecule has 10 heavy (non-hydrogen) atoms. The third-order valence-corrected chi connectivity index (χ3v) is 1.88. The Bertz CT molecular complexity index is 147. The zero-order chi connectivity index (χ0) is 7.72. The molecule has 1 saturated heterocycles. The van der Waals surface area contributed by atoms with Gasteiger partial charge in [-0.1, -0.05) is 13.8 Å². The fraction of sp³-hybridized carbons (Fsp3) is 0.857. The lowest BCUT2D eigenvalue weighted by atomic mass is 10.0. The number of alkyl halides is 1. The monoisotopic (exact) mass is 145 g/mol. The summed E-state index contributed by atoms with van der Waals surface area (Å²) in [4.78, 5) is 10.6. The third-order valence-electron chi connectivity index (χ3n) is 1.88. The first-order chi connectivity index (χ1) is 4.61. The largest absolute Gasteiger partial charge is 0.350 e. The molecule has 1 fully saturated rings. The van der Waals surface area contributed by atoms with E-state index in [1.54, 1.807) is 0 Å². The number of amides is 1. The Labute approximate surface area is 59.8 Å². The van der Waals surface area contributed by atoms with Gasteiger partial charge in [-0.15, -0.1) is 0 Å². The predicted octanol–water partition coefficient (Wildman–Crippen LogP) is 0.869. The maximum absolute atomic E-state index is 12.5. The van der Waals surface area contributed by atoms with Crippen LogP contribution in [-0.4, -0.2) is 18.1 Å². The van der Waals surface area contributed by atoms with Crippen molar-refractivity contribution in [2.45, 2.75) is 32.5 Å². The van der Waals surface area contributed by atoms with Gasteiger partial charge in [0.25, 0.3) is 5.91 Å². The summed E-state index contributed by atoms with van der Waals surface area (Å²) in [6.45, 7) is 3.95. The first-order valence-electron chi connectivity index (χ1n) is 3.55. The minimum absolute atomic E-state index is 0.0440. The molecule has 1 unspecified atom stereocenters. The predicted molar refractivity (Wildman–Crippen MR) is 36.3 cm³/mol. The molecule has 0 aromatic carbocycles. The van der Waals surface area contributed by atoms with Gasteiger partial charge in [0.15, 0.2) is 6.17 Å². The molecule has 0 spiro atoms. The second-order valence-corrected chi connectivity index (χ2v) is 3.06. The van der Waals surface area contributed by atoms with E-state index in [2.05, 4.69) is 5.32 Å². The number of carbonyl (C=O) groups excluding carboxylic acids is 1. The van der Waals surface area contributed by atoms with Crippen molar-refractivity contribution in [2.75, 3.05) is 0 Å². The van der Waals surface area contributed by atoms with Crippen LogP contribution in [0.25, 0.3) is 0 Å². The van der Waals surface area contributed by atoms with Gasteiger partial charge in [-0.3, -0.25) is 4.79 Å². The van der Waals surface area contributed by atoms with E-state index in [1.807, 2.05) is 13.8 Å². The van der Waals surface area contributed by atoms with Crippen LogP contribution in [0.4, 0.5) is 4.39 Å². The number of rotatable bonds is 1. The Morgan fingerprint density at radius 2 is 2.30 bits per heavy atom. The lowest BCUT2D eigenvalue weighted by Crippen LogP contribution is -2.30. The quantitative estimate of drug-likeness (QED) is 0.582. The normalized spacial score (nSPS) is 33.0. The average molecular weight is 145 g/mol. The number of hydrogen-bond acceptors (Lipinski definition) is 1. The molecule has 0 radical (unpaired) electrons. The molecule has 58 valence electrons. The molecule has 0 aromatic rings. The molecular formula is C7H12FNO. The van der Waals surface area contributed by atoms with Crippen LogP contribution in [0.1, 0.15) is 20.3 Å². The van der Waals surface area contributed by atoms with Gasteiger partial charge in [0.1, 0.15) is 0 Å². The summed E-state index contributed by atoms with van der Waals surface area (Å²) >= 11 is 0. The summed E-state index contributed by atoms with van der Waals surface area (Å²) in [6.07, 6.45) is -0.927. The van der Waals surface area contributed by atoms with Gasteiger partial charge in [0, 0.05) is 12.5 Å². The van der Waals surface area contributed by atoms with Gasteiger partial charge in [0.05, 0.1) is 0 Å². The van der Waals surface area contributed by atoms with E-state index >= 15 is 0 Å². The Kier molecular flexibility index (Phi) is 1.92. The molecule has 1 rings (SSSR count). The van der Waals surface area contributed by atoms with E-state index in [9.17, 15) is 9.18 Å². The smallest absolute Gasteiger partial charge is 0.254 e. The molecule has 1 heterocycles. The second-order valence-electron chi connectivity index (χ2n) is 3.06. The third kappa shape index (κ3) is 1.28. The first kappa shape index (κ1) is 7.51. The number of carbonyl (C=O) groups is 1. The highest BCUT2D eigenvalue weighted by atomic mass is 19.1. The molecule has 1 amide bonds. The van der Waals surface area contributed by atoms with Crippen LogP contribution in [0.15, 0.2) is 0 Å². The zero-order valence-electron chi connectivity index (χ0n) is 6.23. The zero-order valence-corrected chi connectivity index (χ0v) is 6.23. The molecule has 1 aliphatic rings. The number of halogens is 1. The van der Waals surface area contributed by atoms with Crippen molar-refractivity contribution in [1.82, 2.24) is 5.32 Å². The summed E-state index contributed by atoms with van der Waals surface area (Å²) < 4.78 is 12.5. The molecule has 0 bridgehead atoms. The van der Waals surface area contributed by atoms with Crippen LogP contribution in [0.5, 0.6) is 0 Å². The highest BCUT2D eigenvalue weighted by Crippen LogP contribution is 2.17. The highest BCUT2D eigenvalue weighted by molar-refractivity contribution is 5.83. The summed E-state index contributed by atoms with van der Waals surface area (Å²) in [6, 6.07) is 0.0440. The van der Waals surface area contributed by atoms with E-state index < -0.39 is 12.1 Å². The van der Waals surface area contributed by atoms with Gasteiger partial charge in [-0.25, -0.2) is 4.39 Å². The fourth-order valence-electron chi connectivity index (χ4n) is 1.10. The average Bonchev–Trinajstić information content (AvgIpc) is 2.13. The number of hydrogen-bond donors (Lipinski definition) is 1. The van der Waals surface area contributed by atoms with Crippen molar-refractivity contribution in [3.8, 4) is 0 Å². The lowest BCUT2D eigenvalue weighted by Gasteiger charge is -2.12. The van der Waals surface area contributed by atoms with E-state index in [0.717, 1.165) is 0 Å². The Morgan fingerprint density at radius 3 is 2.50 bits per heavy atom. The van der Waals surface area contributed by atoms with Crippen molar-refractivity contribution in [3.05, 3.63) is 0 Å². The Balaban J connectivity index is 2.49. The summed E-state index contributed by atoms with van der Waals surface area (Å²) in [5.74, 6) is -0.108. The van der Waals surface area contributed by atoms with E-state index in [-0.39, 0.29) is 6.04 Å². The second kappa shape index (κ2) is 2.56. The van der Waals surface area contributed by atoms with Crippen LogP contribution in [0.2, 0.25) is 0 Å². The molecule has 0 saturated carbocycles. The fourth-order valence-corrected chi connectivity index (χ4v) is 1.10. The maximum atomic E-state index is 12.5. The molecule has 0 aliphatic carbocycles. The SMILES string of the molecule is CC(C)[C@@H]1CC(F)C(=O)N1. The summed E-state index contributed by atoms with van der Waals surface area (Å²) in [5.41, 5.74) is 0. The van der Waals surface area contributed by atoms with E-state index in [4.69, 9.17) is 0 Å². The molecule has 2 atom stereocenters. The summed E-state index contributed by atoms with van der Waals surface area (Å²) in [5, 5.41) is 2.59. The van der Waals surface area contributed by atoms with Gasteiger partial charge >= 0.3 is 0 Å². The van der Waals surface area contributed by atoms with Crippen molar-refractivity contribution < 1.29 is 9.18 Å². The topological polar surface area (TPSA) is 29.1 Å².